The van der Waals surface area contributed by atoms with Crippen LogP contribution in [0.25, 0.3) is 0 Å². The predicted molar refractivity (Wildman–Crippen MR) is 55.1 cm³/mol. The highest BCUT2D eigenvalue weighted by molar-refractivity contribution is 7.89. The van der Waals surface area contributed by atoms with Gasteiger partial charge in [-0.3, -0.25) is 0 Å². The van der Waals surface area contributed by atoms with Crippen LogP contribution in [-0.2, 0) is 0 Å². The average molecular weight is 188 g/mol. The zero-order valence-electron chi connectivity index (χ0n) is 6.83. The van der Waals surface area contributed by atoms with Gasteiger partial charge in [0.1, 0.15) is 9.98 Å². The van der Waals surface area contributed by atoms with Crippen LogP contribution in [0.4, 0.5) is 0 Å². The molecule has 0 aromatic carbocycles. The maximum absolute atomic E-state index is 5.16. The Morgan fingerprint density at radius 2 is 1.36 bits per heavy atom. The van der Waals surface area contributed by atoms with Gasteiger partial charge in [-0.25, -0.2) is 0 Å². The van der Waals surface area contributed by atoms with Crippen molar-refractivity contribution in [1.29, 1.82) is 0 Å². The molecule has 1 aliphatic heterocycles. The fourth-order valence-corrected chi connectivity index (χ4v) is 1.57. The molecule has 1 rings (SSSR count). The molecule has 0 saturated carbocycles. The third-order valence-corrected chi connectivity index (χ3v) is 3.00. The Labute approximate surface area is 78.2 Å². The summed E-state index contributed by atoms with van der Waals surface area (Å²) in [6, 6.07) is 0. The van der Waals surface area contributed by atoms with Crippen molar-refractivity contribution in [1.82, 2.24) is 9.80 Å². The summed E-state index contributed by atoms with van der Waals surface area (Å²) in [5, 5.41) is 0. The molecule has 1 fully saturated rings. The molecule has 1 saturated heterocycles. The van der Waals surface area contributed by atoms with E-state index in [1.54, 1.807) is 0 Å². The summed E-state index contributed by atoms with van der Waals surface area (Å²) in [6.45, 7) is 2.03. The summed E-state index contributed by atoms with van der Waals surface area (Å²) < 4.78 is 0. The van der Waals surface area contributed by atoms with Gasteiger partial charge in [-0.05, 0) is 6.42 Å². The third kappa shape index (κ3) is 1.87. The lowest BCUT2D eigenvalue weighted by molar-refractivity contribution is 0.461. The quantitative estimate of drug-likeness (QED) is 0.521. The van der Waals surface area contributed by atoms with Gasteiger partial charge >= 0.3 is 0 Å². The third-order valence-electron chi connectivity index (χ3n) is 1.86. The van der Waals surface area contributed by atoms with E-state index in [1.165, 1.54) is 0 Å². The van der Waals surface area contributed by atoms with E-state index in [9.17, 15) is 0 Å². The number of likely N-dealkylation sites (N-methyl/N-ethyl adjacent to an activating group) is 2. The normalized spacial score (nSPS) is 20.5. The zero-order chi connectivity index (χ0) is 8.43. The highest BCUT2D eigenvalue weighted by Gasteiger charge is 2.17. The van der Waals surface area contributed by atoms with E-state index in [4.69, 9.17) is 24.4 Å². The number of hydrogen-bond acceptors (Lipinski definition) is 2. The predicted octanol–water partition coefficient (Wildman–Crippen LogP) is 0.908. The SMILES string of the molecule is CN1CCCN(C)C(=S)C1=S. The van der Waals surface area contributed by atoms with Crippen LogP contribution in [-0.4, -0.2) is 47.0 Å². The van der Waals surface area contributed by atoms with E-state index in [0.717, 1.165) is 29.5 Å². The number of nitrogens with zero attached hydrogens (tertiary/aromatic N) is 2. The molecule has 1 aliphatic rings. The van der Waals surface area contributed by atoms with Crippen LogP contribution in [0.2, 0.25) is 0 Å². The fraction of sp³-hybridized carbons (Fsp3) is 0.714. The van der Waals surface area contributed by atoms with Crippen LogP contribution in [0.1, 0.15) is 6.42 Å². The van der Waals surface area contributed by atoms with Crippen molar-refractivity contribution in [2.24, 2.45) is 0 Å². The fourth-order valence-electron chi connectivity index (χ4n) is 1.07. The standard InChI is InChI=1S/C7H12N2S2/c1-8-4-3-5-9(2)7(11)6(8)10/h3-5H2,1-2H3. The molecule has 0 aliphatic carbocycles. The lowest BCUT2D eigenvalue weighted by atomic mass is 10.4. The van der Waals surface area contributed by atoms with Gasteiger partial charge in [0, 0.05) is 27.2 Å². The molecule has 0 bridgehead atoms. The molecule has 4 heteroatoms. The summed E-state index contributed by atoms with van der Waals surface area (Å²) in [6.07, 6.45) is 1.13. The Kier molecular flexibility index (Phi) is 2.78. The monoisotopic (exact) mass is 188 g/mol. The van der Waals surface area contributed by atoms with Crippen molar-refractivity contribution in [3.05, 3.63) is 0 Å². The molecule has 2 nitrogen and oxygen atoms in total. The molecular formula is C7H12N2S2. The van der Waals surface area contributed by atoms with Crippen molar-refractivity contribution < 1.29 is 0 Å². The molecule has 0 spiro atoms. The topological polar surface area (TPSA) is 6.48 Å². The molecule has 0 radical (unpaired) electrons. The summed E-state index contributed by atoms with van der Waals surface area (Å²) in [4.78, 5) is 5.70. The van der Waals surface area contributed by atoms with Crippen molar-refractivity contribution in [3.63, 3.8) is 0 Å². The first-order chi connectivity index (χ1) is 5.13. The van der Waals surface area contributed by atoms with E-state index in [2.05, 4.69) is 0 Å². The molecular weight excluding hydrogens is 176 g/mol. The minimum absolute atomic E-state index is 0.806. The molecule has 0 aromatic heterocycles. The van der Waals surface area contributed by atoms with E-state index in [1.807, 2.05) is 23.9 Å². The van der Waals surface area contributed by atoms with Crippen molar-refractivity contribution >= 4 is 34.4 Å². The van der Waals surface area contributed by atoms with Crippen molar-refractivity contribution in [2.45, 2.75) is 6.42 Å². The molecule has 0 unspecified atom stereocenters. The van der Waals surface area contributed by atoms with E-state index >= 15 is 0 Å². The van der Waals surface area contributed by atoms with Crippen LogP contribution in [0.3, 0.4) is 0 Å². The maximum atomic E-state index is 5.16. The van der Waals surface area contributed by atoms with Gasteiger partial charge in [-0.2, -0.15) is 0 Å². The number of rotatable bonds is 0. The van der Waals surface area contributed by atoms with Gasteiger partial charge in [0.25, 0.3) is 0 Å². The minimum atomic E-state index is 0.806. The summed E-state index contributed by atoms with van der Waals surface area (Å²) in [5.74, 6) is 0. The molecule has 0 atom stereocenters. The van der Waals surface area contributed by atoms with Crippen LogP contribution < -0.4 is 0 Å². The summed E-state index contributed by atoms with van der Waals surface area (Å²) in [5.41, 5.74) is 0. The second-order valence-electron chi connectivity index (χ2n) is 2.81. The molecule has 1 heterocycles. The Bertz CT molecular complexity index is 171. The first-order valence-corrected chi connectivity index (χ1v) is 4.45. The van der Waals surface area contributed by atoms with Crippen LogP contribution >= 0.6 is 24.4 Å². The Morgan fingerprint density at radius 3 is 1.73 bits per heavy atom. The second-order valence-corrected chi connectivity index (χ2v) is 3.58. The van der Waals surface area contributed by atoms with Gasteiger partial charge in [0.2, 0.25) is 0 Å². The summed E-state index contributed by atoms with van der Waals surface area (Å²) in [7, 11) is 3.99. The van der Waals surface area contributed by atoms with Gasteiger partial charge in [-0.1, -0.05) is 24.4 Å². The van der Waals surface area contributed by atoms with Crippen molar-refractivity contribution in [2.75, 3.05) is 27.2 Å². The van der Waals surface area contributed by atoms with Gasteiger partial charge in [0.15, 0.2) is 0 Å². The molecule has 62 valence electrons. The lowest BCUT2D eigenvalue weighted by Crippen LogP contribution is -2.35. The Balaban J connectivity index is 2.74. The lowest BCUT2D eigenvalue weighted by Gasteiger charge is -2.19. The number of hydrogen-bond donors (Lipinski definition) is 0. The molecule has 0 amide bonds. The molecule has 0 aromatic rings. The van der Waals surface area contributed by atoms with E-state index in [-0.39, 0.29) is 0 Å². The minimum Gasteiger partial charge on any atom is -0.363 e. The average Bonchev–Trinajstić information content (AvgIpc) is 2.07. The number of thiocarbonyl (C=S) groups is 2. The van der Waals surface area contributed by atoms with Gasteiger partial charge in [0.05, 0.1) is 0 Å². The first kappa shape index (κ1) is 8.87. The van der Waals surface area contributed by atoms with Gasteiger partial charge < -0.3 is 9.80 Å². The van der Waals surface area contributed by atoms with Gasteiger partial charge in [-0.15, -0.1) is 0 Å². The summed E-state index contributed by atoms with van der Waals surface area (Å²) >= 11 is 10.3. The Morgan fingerprint density at radius 1 is 1.00 bits per heavy atom. The highest BCUT2D eigenvalue weighted by Crippen LogP contribution is 2.04. The largest absolute Gasteiger partial charge is 0.363 e. The van der Waals surface area contributed by atoms with Crippen molar-refractivity contribution in [3.8, 4) is 0 Å². The second kappa shape index (κ2) is 3.45. The van der Waals surface area contributed by atoms with Crippen LogP contribution in [0.15, 0.2) is 0 Å². The highest BCUT2D eigenvalue weighted by atomic mass is 32.1. The van der Waals surface area contributed by atoms with Crippen LogP contribution in [0.5, 0.6) is 0 Å². The Hall–Kier alpha value is -0.220. The van der Waals surface area contributed by atoms with E-state index < -0.39 is 0 Å². The van der Waals surface area contributed by atoms with E-state index in [0.29, 0.717) is 0 Å². The zero-order valence-corrected chi connectivity index (χ0v) is 8.47. The molecule has 11 heavy (non-hydrogen) atoms. The van der Waals surface area contributed by atoms with Crippen LogP contribution in [0, 0.1) is 0 Å². The molecule has 0 N–H and O–H groups in total. The smallest absolute Gasteiger partial charge is 0.136 e. The first-order valence-electron chi connectivity index (χ1n) is 3.63. The maximum Gasteiger partial charge on any atom is 0.136 e.